The molecule has 1 aromatic carbocycles. The molecule has 1 N–H and O–H groups in total. The maximum Gasteiger partial charge on any atom is 0.314 e. The Labute approximate surface area is 107 Å². The van der Waals surface area contributed by atoms with Gasteiger partial charge in [-0.05, 0) is 37.8 Å². The molecule has 1 saturated carbocycles. The van der Waals surface area contributed by atoms with Gasteiger partial charge in [0.15, 0.2) is 11.5 Å². The summed E-state index contributed by atoms with van der Waals surface area (Å²) >= 11 is 0. The van der Waals surface area contributed by atoms with Crippen LogP contribution in [0.3, 0.4) is 0 Å². The van der Waals surface area contributed by atoms with E-state index < -0.39 is 0 Å². The second-order valence-corrected chi connectivity index (χ2v) is 4.60. The first kappa shape index (κ1) is 12.9. The van der Waals surface area contributed by atoms with E-state index in [0.717, 1.165) is 25.7 Å². The Morgan fingerprint density at radius 1 is 1.22 bits per heavy atom. The maximum absolute atomic E-state index is 11.9. The van der Waals surface area contributed by atoms with Gasteiger partial charge < -0.3 is 14.6 Å². The Hall–Kier alpha value is -1.55. The normalized spacial score (nSPS) is 23.6. The standard InChI is InChI=1S/C14H18O4/c1-17-11-8-6-10(7-9-11)14(16)18-13-5-3-2-4-12(13)15/h2-5,10-11,15H,6-9H2,1H3. The molecule has 1 fully saturated rings. The molecule has 4 nitrogen and oxygen atoms in total. The number of aromatic hydroxyl groups is 1. The molecule has 0 heterocycles. The molecule has 0 bridgehead atoms. The van der Waals surface area contributed by atoms with Gasteiger partial charge in [0, 0.05) is 7.11 Å². The number of hydrogen-bond acceptors (Lipinski definition) is 4. The van der Waals surface area contributed by atoms with E-state index in [9.17, 15) is 9.90 Å². The van der Waals surface area contributed by atoms with Gasteiger partial charge in [0.25, 0.3) is 0 Å². The topological polar surface area (TPSA) is 55.8 Å². The number of ether oxygens (including phenoxy) is 2. The van der Waals surface area contributed by atoms with Gasteiger partial charge in [-0.3, -0.25) is 4.79 Å². The molecule has 98 valence electrons. The van der Waals surface area contributed by atoms with Gasteiger partial charge in [-0.2, -0.15) is 0 Å². The van der Waals surface area contributed by atoms with Crippen LogP contribution in [0.5, 0.6) is 11.5 Å². The largest absolute Gasteiger partial charge is 0.504 e. The number of benzene rings is 1. The van der Waals surface area contributed by atoms with Gasteiger partial charge in [0.1, 0.15) is 0 Å². The van der Waals surface area contributed by atoms with Crippen molar-refractivity contribution in [1.82, 2.24) is 0 Å². The molecule has 0 spiro atoms. The number of phenolic OH excluding ortho intramolecular Hbond substituents is 1. The van der Waals surface area contributed by atoms with E-state index in [0.29, 0.717) is 0 Å². The predicted octanol–water partition coefficient (Wildman–Crippen LogP) is 2.50. The van der Waals surface area contributed by atoms with Crippen molar-refractivity contribution in [1.29, 1.82) is 0 Å². The lowest BCUT2D eigenvalue weighted by Crippen LogP contribution is -2.28. The molecule has 0 aliphatic heterocycles. The highest BCUT2D eigenvalue weighted by Gasteiger charge is 2.28. The summed E-state index contributed by atoms with van der Waals surface area (Å²) in [6, 6.07) is 6.51. The van der Waals surface area contributed by atoms with E-state index in [1.807, 2.05) is 0 Å². The van der Waals surface area contributed by atoms with Crippen LogP contribution >= 0.6 is 0 Å². The van der Waals surface area contributed by atoms with Crippen molar-refractivity contribution in [3.63, 3.8) is 0 Å². The van der Waals surface area contributed by atoms with Crippen molar-refractivity contribution in [3.8, 4) is 11.5 Å². The number of para-hydroxylation sites is 2. The third-order valence-corrected chi connectivity index (χ3v) is 3.42. The summed E-state index contributed by atoms with van der Waals surface area (Å²) in [5, 5.41) is 9.54. The smallest absolute Gasteiger partial charge is 0.314 e. The highest BCUT2D eigenvalue weighted by Crippen LogP contribution is 2.30. The Bertz CT molecular complexity index is 408. The van der Waals surface area contributed by atoms with Gasteiger partial charge in [-0.1, -0.05) is 12.1 Å². The van der Waals surface area contributed by atoms with E-state index >= 15 is 0 Å². The summed E-state index contributed by atoms with van der Waals surface area (Å²) in [4.78, 5) is 11.9. The molecule has 1 aliphatic rings. The Morgan fingerprint density at radius 3 is 2.50 bits per heavy atom. The number of carbonyl (C=O) groups is 1. The zero-order chi connectivity index (χ0) is 13.0. The van der Waals surface area contributed by atoms with Crippen LogP contribution < -0.4 is 4.74 Å². The summed E-state index contributed by atoms with van der Waals surface area (Å²) in [6.45, 7) is 0. The van der Waals surface area contributed by atoms with Crippen LogP contribution in [0, 0.1) is 5.92 Å². The number of hydrogen-bond donors (Lipinski definition) is 1. The first-order chi connectivity index (χ1) is 8.70. The molecular weight excluding hydrogens is 232 g/mol. The van der Waals surface area contributed by atoms with Crippen molar-refractivity contribution in [3.05, 3.63) is 24.3 Å². The lowest BCUT2D eigenvalue weighted by atomic mass is 9.87. The quantitative estimate of drug-likeness (QED) is 0.661. The summed E-state index contributed by atoms with van der Waals surface area (Å²) in [5.74, 6) is -0.116. The zero-order valence-electron chi connectivity index (χ0n) is 10.5. The van der Waals surface area contributed by atoms with Crippen molar-refractivity contribution < 1.29 is 19.4 Å². The summed E-state index contributed by atoms with van der Waals surface area (Å²) in [5.41, 5.74) is 0. The number of esters is 1. The molecule has 0 amide bonds. The van der Waals surface area contributed by atoms with Crippen LogP contribution in [-0.2, 0) is 9.53 Å². The van der Waals surface area contributed by atoms with E-state index in [-0.39, 0.29) is 29.5 Å². The van der Waals surface area contributed by atoms with Gasteiger partial charge >= 0.3 is 5.97 Å². The Morgan fingerprint density at radius 2 is 1.89 bits per heavy atom. The molecule has 1 aromatic rings. The van der Waals surface area contributed by atoms with Crippen LogP contribution in [0.1, 0.15) is 25.7 Å². The second-order valence-electron chi connectivity index (χ2n) is 4.60. The second kappa shape index (κ2) is 5.87. The first-order valence-corrected chi connectivity index (χ1v) is 6.23. The minimum atomic E-state index is -0.258. The molecule has 2 rings (SSSR count). The first-order valence-electron chi connectivity index (χ1n) is 6.23. The number of methoxy groups -OCH3 is 1. The van der Waals surface area contributed by atoms with Gasteiger partial charge in [-0.25, -0.2) is 0 Å². The van der Waals surface area contributed by atoms with Gasteiger partial charge in [0.2, 0.25) is 0 Å². The Kier molecular flexibility index (Phi) is 4.20. The molecule has 0 saturated heterocycles. The summed E-state index contributed by atoms with van der Waals surface area (Å²) in [6.07, 6.45) is 3.60. The lowest BCUT2D eigenvalue weighted by Gasteiger charge is -2.26. The monoisotopic (exact) mass is 250 g/mol. The molecule has 0 atom stereocenters. The van der Waals surface area contributed by atoms with Crippen molar-refractivity contribution in [2.45, 2.75) is 31.8 Å². The molecule has 18 heavy (non-hydrogen) atoms. The van der Waals surface area contributed by atoms with Crippen LogP contribution in [0.25, 0.3) is 0 Å². The van der Waals surface area contributed by atoms with Crippen molar-refractivity contribution in [2.75, 3.05) is 7.11 Å². The van der Waals surface area contributed by atoms with Gasteiger partial charge in [-0.15, -0.1) is 0 Å². The van der Waals surface area contributed by atoms with Crippen LogP contribution in [0.4, 0.5) is 0 Å². The molecule has 0 radical (unpaired) electrons. The number of phenols is 1. The molecule has 0 unspecified atom stereocenters. The molecule has 4 heteroatoms. The average Bonchev–Trinajstić information content (AvgIpc) is 2.41. The lowest BCUT2D eigenvalue weighted by molar-refractivity contribution is -0.141. The number of carbonyl (C=O) groups excluding carboxylic acids is 1. The average molecular weight is 250 g/mol. The van der Waals surface area contributed by atoms with Crippen LogP contribution in [-0.4, -0.2) is 24.3 Å². The minimum Gasteiger partial charge on any atom is -0.504 e. The SMILES string of the molecule is COC1CCC(C(=O)Oc2ccccc2O)CC1. The number of rotatable bonds is 3. The van der Waals surface area contributed by atoms with Crippen LogP contribution in [0.15, 0.2) is 24.3 Å². The Balaban J connectivity index is 1.91. The maximum atomic E-state index is 11.9. The summed E-state index contributed by atoms with van der Waals surface area (Å²) in [7, 11) is 1.70. The third-order valence-electron chi connectivity index (χ3n) is 3.42. The van der Waals surface area contributed by atoms with Crippen molar-refractivity contribution >= 4 is 5.97 Å². The van der Waals surface area contributed by atoms with E-state index in [4.69, 9.17) is 9.47 Å². The molecule has 0 aromatic heterocycles. The fourth-order valence-electron chi connectivity index (χ4n) is 2.27. The fraction of sp³-hybridized carbons (Fsp3) is 0.500. The van der Waals surface area contributed by atoms with E-state index in [1.165, 1.54) is 6.07 Å². The molecular formula is C14H18O4. The fourth-order valence-corrected chi connectivity index (χ4v) is 2.27. The van der Waals surface area contributed by atoms with E-state index in [1.54, 1.807) is 25.3 Å². The van der Waals surface area contributed by atoms with E-state index in [2.05, 4.69) is 0 Å². The van der Waals surface area contributed by atoms with Crippen molar-refractivity contribution in [2.24, 2.45) is 5.92 Å². The highest BCUT2D eigenvalue weighted by atomic mass is 16.5. The zero-order valence-corrected chi connectivity index (χ0v) is 10.5. The van der Waals surface area contributed by atoms with Crippen LogP contribution in [0.2, 0.25) is 0 Å². The van der Waals surface area contributed by atoms with Gasteiger partial charge in [0.05, 0.1) is 12.0 Å². The minimum absolute atomic E-state index is 0.00331. The molecule has 1 aliphatic carbocycles. The predicted molar refractivity (Wildman–Crippen MR) is 66.5 cm³/mol. The highest BCUT2D eigenvalue weighted by molar-refractivity contribution is 5.75. The third kappa shape index (κ3) is 3.01. The summed E-state index contributed by atoms with van der Waals surface area (Å²) < 4.78 is 10.5.